The zero-order valence-corrected chi connectivity index (χ0v) is 15.3. The van der Waals surface area contributed by atoms with Gasteiger partial charge in [0, 0.05) is 23.6 Å². The number of methoxy groups -OCH3 is 1. The van der Waals surface area contributed by atoms with Crippen molar-refractivity contribution < 1.29 is 13.5 Å². The summed E-state index contributed by atoms with van der Waals surface area (Å²) in [5, 5.41) is 0. The molecule has 0 aliphatic rings. The zero-order chi connectivity index (χ0) is 19.4. The number of nitrogen functional groups attached to an aromatic ring is 1. The van der Waals surface area contributed by atoms with Crippen LogP contribution < -0.4 is 15.4 Å². The maximum absolute atomic E-state index is 13.6. The minimum atomic E-state index is -0.839. The smallest absolute Gasteiger partial charge is 0.159 e. The number of nitrogens with zero attached hydrogens (tertiary/aromatic N) is 1. The molecule has 1 atom stereocenters. The molecular weight excluding hydrogens is 346 g/mol. The van der Waals surface area contributed by atoms with Crippen LogP contribution in [-0.4, -0.2) is 13.7 Å². The monoisotopic (exact) mass is 368 g/mol. The lowest BCUT2D eigenvalue weighted by atomic mass is 9.99. The van der Waals surface area contributed by atoms with Gasteiger partial charge in [-0.2, -0.15) is 0 Å². The summed E-state index contributed by atoms with van der Waals surface area (Å²) in [6, 6.07) is 19.3. The fraction of sp³-hybridized carbons (Fsp3) is 0.182. The predicted octanol–water partition coefficient (Wildman–Crippen LogP) is 5.50. The van der Waals surface area contributed by atoms with E-state index in [9.17, 15) is 8.78 Å². The molecule has 0 fully saturated rings. The van der Waals surface area contributed by atoms with E-state index in [2.05, 4.69) is 4.90 Å². The molecular formula is C22H22F2N2O. The highest BCUT2D eigenvalue weighted by atomic mass is 19.2. The molecule has 3 aromatic carbocycles. The number of hydrogen-bond donors (Lipinski definition) is 1. The molecule has 140 valence electrons. The Morgan fingerprint density at radius 1 is 0.926 bits per heavy atom. The van der Waals surface area contributed by atoms with Crippen LogP contribution in [0.5, 0.6) is 5.75 Å². The van der Waals surface area contributed by atoms with Gasteiger partial charge in [0.15, 0.2) is 11.6 Å². The van der Waals surface area contributed by atoms with E-state index in [1.807, 2.05) is 55.5 Å². The van der Waals surface area contributed by atoms with Crippen LogP contribution >= 0.6 is 0 Å². The van der Waals surface area contributed by atoms with Crippen LogP contribution in [0.1, 0.15) is 18.4 Å². The van der Waals surface area contributed by atoms with Crippen LogP contribution in [0.3, 0.4) is 0 Å². The summed E-state index contributed by atoms with van der Waals surface area (Å²) in [6.07, 6.45) is 0. The Balaban J connectivity index is 1.94. The van der Waals surface area contributed by atoms with E-state index in [1.165, 1.54) is 12.1 Å². The van der Waals surface area contributed by atoms with Gasteiger partial charge >= 0.3 is 0 Å². The van der Waals surface area contributed by atoms with Gasteiger partial charge in [-0.1, -0.05) is 19.1 Å². The molecule has 5 heteroatoms. The van der Waals surface area contributed by atoms with Crippen LogP contribution in [0.4, 0.5) is 25.8 Å². The summed E-state index contributed by atoms with van der Waals surface area (Å²) in [5.74, 6) is -0.948. The number of anilines is 3. The van der Waals surface area contributed by atoms with E-state index in [-0.39, 0.29) is 5.92 Å². The summed E-state index contributed by atoms with van der Waals surface area (Å²) in [5.41, 5.74) is 9.23. The van der Waals surface area contributed by atoms with Crippen molar-refractivity contribution in [3.05, 3.63) is 83.9 Å². The van der Waals surface area contributed by atoms with E-state index in [4.69, 9.17) is 10.5 Å². The fourth-order valence-electron chi connectivity index (χ4n) is 3.01. The number of ether oxygens (including phenoxy) is 1. The normalized spacial score (nSPS) is 11.9. The summed E-state index contributed by atoms with van der Waals surface area (Å²) >= 11 is 0. The lowest BCUT2D eigenvalue weighted by Crippen LogP contribution is -2.23. The Labute approximate surface area is 158 Å². The van der Waals surface area contributed by atoms with E-state index in [0.717, 1.165) is 22.7 Å². The molecule has 0 saturated carbocycles. The van der Waals surface area contributed by atoms with Crippen molar-refractivity contribution in [2.24, 2.45) is 0 Å². The summed E-state index contributed by atoms with van der Waals surface area (Å²) in [4.78, 5) is 2.10. The van der Waals surface area contributed by atoms with Crippen molar-refractivity contribution in [2.45, 2.75) is 12.8 Å². The number of rotatable bonds is 6. The fourth-order valence-corrected chi connectivity index (χ4v) is 3.01. The Morgan fingerprint density at radius 2 is 1.67 bits per heavy atom. The molecule has 0 heterocycles. The van der Waals surface area contributed by atoms with Crippen LogP contribution in [0.2, 0.25) is 0 Å². The predicted molar refractivity (Wildman–Crippen MR) is 106 cm³/mol. The second-order valence-electron chi connectivity index (χ2n) is 6.48. The van der Waals surface area contributed by atoms with Crippen LogP contribution in [0, 0.1) is 11.6 Å². The van der Waals surface area contributed by atoms with Gasteiger partial charge in [-0.25, -0.2) is 8.78 Å². The van der Waals surface area contributed by atoms with Gasteiger partial charge in [0.1, 0.15) is 5.75 Å². The minimum Gasteiger partial charge on any atom is -0.497 e. The Kier molecular flexibility index (Phi) is 5.60. The quantitative estimate of drug-likeness (QED) is 0.584. The number of halogens is 2. The summed E-state index contributed by atoms with van der Waals surface area (Å²) < 4.78 is 32.1. The SMILES string of the molecule is COc1ccc(N(CC(C)c2ccc(F)c(F)c2)c2cccc(N)c2)cc1. The van der Waals surface area contributed by atoms with E-state index >= 15 is 0 Å². The number of hydrogen-bond acceptors (Lipinski definition) is 3. The largest absolute Gasteiger partial charge is 0.497 e. The second-order valence-corrected chi connectivity index (χ2v) is 6.48. The first-order valence-electron chi connectivity index (χ1n) is 8.70. The highest BCUT2D eigenvalue weighted by molar-refractivity contribution is 5.67. The maximum atomic E-state index is 13.6. The molecule has 3 rings (SSSR count). The molecule has 0 spiro atoms. The molecule has 2 N–H and O–H groups in total. The van der Waals surface area contributed by atoms with Gasteiger partial charge < -0.3 is 15.4 Å². The van der Waals surface area contributed by atoms with Crippen molar-refractivity contribution in [3.63, 3.8) is 0 Å². The summed E-state index contributed by atoms with van der Waals surface area (Å²) in [7, 11) is 1.62. The molecule has 0 bridgehead atoms. The van der Waals surface area contributed by atoms with Gasteiger partial charge in [0.05, 0.1) is 7.11 Å². The van der Waals surface area contributed by atoms with Gasteiger partial charge in [-0.05, 0) is 66.1 Å². The summed E-state index contributed by atoms with van der Waals surface area (Å²) in [6.45, 7) is 2.55. The number of benzene rings is 3. The Morgan fingerprint density at radius 3 is 2.30 bits per heavy atom. The first kappa shape index (κ1) is 18.7. The first-order chi connectivity index (χ1) is 13.0. The van der Waals surface area contributed by atoms with E-state index in [1.54, 1.807) is 13.2 Å². The van der Waals surface area contributed by atoms with Crippen molar-refractivity contribution in [1.29, 1.82) is 0 Å². The van der Waals surface area contributed by atoms with Gasteiger partial charge in [-0.3, -0.25) is 0 Å². The van der Waals surface area contributed by atoms with Gasteiger partial charge in [-0.15, -0.1) is 0 Å². The van der Waals surface area contributed by atoms with Crippen molar-refractivity contribution in [1.82, 2.24) is 0 Å². The third-order valence-electron chi connectivity index (χ3n) is 4.54. The Hall–Kier alpha value is -3.08. The van der Waals surface area contributed by atoms with Crippen LogP contribution in [0.25, 0.3) is 0 Å². The minimum absolute atomic E-state index is 0.0383. The van der Waals surface area contributed by atoms with Crippen LogP contribution in [-0.2, 0) is 0 Å². The highest BCUT2D eigenvalue weighted by Crippen LogP contribution is 2.31. The van der Waals surface area contributed by atoms with Crippen molar-refractivity contribution in [2.75, 3.05) is 24.3 Å². The lowest BCUT2D eigenvalue weighted by Gasteiger charge is -2.29. The maximum Gasteiger partial charge on any atom is 0.159 e. The molecule has 0 aliphatic heterocycles. The molecule has 3 nitrogen and oxygen atoms in total. The lowest BCUT2D eigenvalue weighted by molar-refractivity contribution is 0.415. The molecule has 0 saturated heterocycles. The average molecular weight is 368 g/mol. The molecule has 3 aromatic rings. The highest BCUT2D eigenvalue weighted by Gasteiger charge is 2.16. The molecule has 0 radical (unpaired) electrons. The molecule has 1 unspecified atom stereocenters. The van der Waals surface area contributed by atoms with E-state index < -0.39 is 11.6 Å². The molecule has 0 amide bonds. The third-order valence-corrected chi connectivity index (χ3v) is 4.54. The first-order valence-corrected chi connectivity index (χ1v) is 8.70. The van der Waals surface area contributed by atoms with Crippen molar-refractivity contribution >= 4 is 17.1 Å². The third kappa shape index (κ3) is 4.37. The topological polar surface area (TPSA) is 38.5 Å². The molecule has 0 aliphatic carbocycles. The second kappa shape index (κ2) is 8.08. The van der Waals surface area contributed by atoms with E-state index in [0.29, 0.717) is 12.2 Å². The average Bonchev–Trinajstić information content (AvgIpc) is 2.68. The van der Waals surface area contributed by atoms with Crippen LogP contribution in [0.15, 0.2) is 66.7 Å². The number of nitrogens with two attached hydrogens (primary N) is 1. The molecule has 27 heavy (non-hydrogen) atoms. The zero-order valence-electron chi connectivity index (χ0n) is 15.3. The van der Waals surface area contributed by atoms with Gasteiger partial charge in [0.25, 0.3) is 0 Å². The molecule has 0 aromatic heterocycles. The van der Waals surface area contributed by atoms with Gasteiger partial charge in [0.2, 0.25) is 0 Å². The standard InChI is InChI=1S/C22H22F2N2O/c1-15(16-6-11-21(23)22(24)12-16)14-26(19-5-3-4-17(25)13-19)18-7-9-20(27-2)10-8-18/h3-13,15H,14,25H2,1-2H3. The Bertz CT molecular complexity index is 912. The van der Waals surface area contributed by atoms with Crippen molar-refractivity contribution in [3.8, 4) is 5.75 Å².